The summed E-state index contributed by atoms with van der Waals surface area (Å²) in [6.45, 7) is 2.57. The third kappa shape index (κ3) is 6.09. The number of pyridine rings is 1. The molecular formula is C28H30ClFN6O5. The van der Waals surface area contributed by atoms with Crippen LogP contribution in [0.4, 0.5) is 10.3 Å². The Balaban J connectivity index is 1.31. The molecule has 1 saturated heterocycles. The van der Waals surface area contributed by atoms with Crippen LogP contribution in [-0.4, -0.2) is 75.8 Å². The highest BCUT2D eigenvalue weighted by molar-refractivity contribution is 6.33. The van der Waals surface area contributed by atoms with E-state index in [1.165, 1.54) is 24.3 Å². The number of benzene rings is 1. The molecule has 0 bridgehead atoms. The van der Waals surface area contributed by atoms with Crippen molar-refractivity contribution in [2.75, 3.05) is 32.2 Å². The highest BCUT2D eigenvalue weighted by Gasteiger charge is 2.35. The number of methoxy groups -OCH3 is 1. The van der Waals surface area contributed by atoms with E-state index >= 15 is 0 Å². The number of hydrogen-bond acceptors (Lipinski definition) is 9. The number of halogens is 2. The van der Waals surface area contributed by atoms with E-state index in [2.05, 4.69) is 25.6 Å². The molecule has 2 unspecified atom stereocenters. The van der Waals surface area contributed by atoms with E-state index in [9.17, 15) is 19.1 Å². The first-order valence-electron chi connectivity index (χ1n) is 13.2. The highest BCUT2D eigenvalue weighted by Crippen LogP contribution is 2.32. The zero-order valence-corrected chi connectivity index (χ0v) is 23.3. The largest absolute Gasteiger partial charge is 0.481 e. The Morgan fingerprint density at radius 1 is 1.27 bits per heavy atom. The molecule has 41 heavy (non-hydrogen) atoms. The molecule has 4 heterocycles. The number of aliphatic hydroxyl groups excluding tert-OH is 1. The Hall–Kier alpha value is -3.87. The van der Waals surface area contributed by atoms with Crippen molar-refractivity contribution in [1.82, 2.24) is 25.2 Å². The van der Waals surface area contributed by atoms with E-state index in [1.807, 2.05) is 12.1 Å². The predicted molar refractivity (Wildman–Crippen MR) is 148 cm³/mol. The monoisotopic (exact) mass is 584 g/mol. The maximum absolute atomic E-state index is 14.4. The zero-order chi connectivity index (χ0) is 29.1. The van der Waals surface area contributed by atoms with Crippen molar-refractivity contribution in [3.63, 3.8) is 0 Å². The third-order valence-corrected chi connectivity index (χ3v) is 7.58. The number of rotatable bonds is 9. The van der Waals surface area contributed by atoms with Crippen molar-refractivity contribution >= 4 is 29.4 Å². The average molecular weight is 585 g/mol. The molecule has 0 radical (unpaired) electrons. The third-order valence-electron chi connectivity index (χ3n) is 7.30. The van der Waals surface area contributed by atoms with Crippen LogP contribution in [-0.2, 0) is 16.1 Å². The standard InChI is InChI=1S/C28H30ClFN6O5/c1-15(26(38)34-23(14-37)20-10-24(40-2)31-12-22(20)30)36-13-17-4-3-16(9-19(17)27(36)39)25-21(29)11-32-28(35-25)33-18-5-7-41-8-6-18/h3-4,9-12,15,18,23,37H,5-8,13-14H2,1-2H3,(H,34,38)(H,32,33,35). The summed E-state index contributed by atoms with van der Waals surface area (Å²) >= 11 is 6.44. The molecule has 216 valence electrons. The topological polar surface area (TPSA) is 139 Å². The predicted octanol–water partition coefficient (Wildman–Crippen LogP) is 3.12. The molecule has 2 atom stereocenters. The first-order chi connectivity index (χ1) is 19.8. The van der Waals surface area contributed by atoms with Gasteiger partial charge in [-0.25, -0.2) is 19.3 Å². The van der Waals surface area contributed by atoms with Crippen LogP contribution < -0.4 is 15.4 Å². The lowest BCUT2D eigenvalue weighted by Gasteiger charge is -2.26. The lowest BCUT2D eigenvalue weighted by molar-refractivity contribution is -0.126. The van der Waals surface area contributed by atoms with E-state index in [-0.39, 0.29) is 29.9 Å². The molecule has 5 rings (SSSR count). The molecular weight excluding hydrogens is 555 g/mol. The van der Waals surface area contributed by atoms with Crippen LogP contribution in [0.2, 0.25) is 5.02 Å². The van der Waals surface area contributed by atoms with Gasteiger partial charge in [0.05, 0.1) is 42.9 Å². The van der Waals surface area contributed by atoms with Crippen LogP contribution in [0.5, 0.6) is 5.88 Å². The van der Waals surface area contributed by atoms with Crippen LogP contribution in [0.25, 0.3) is 11.3 Å². The van der Waals surface area contributed by atoms with Crippen molar-refractivity contribution in [1.29, 1.82) is 0 Å². The van der Waals surface area contributed by atoms with Crippen molar-refractivity contribution in [2.24, 2.45) is 0 Å². The van der Waals surface area contributed by atoms with Crippen molar-refractivity contribution in [3.8, 4) is 17.1 Å². The first-order valence-corrected chi connectivity index (χ1v) is 13.6. The van der Waals surface area contributed by atoms with Crippen LogP contribution >= 0.6 is 11.6 Å². The summed E-state index contributed by atoms with van der Waals surface area (Å²) in [5, 5.41) is 16.2. The van der Waals surface area contributed by atoms with E-state index in [0.717, 1.165) is 24.6 Å². The second-order valence-electron chi connectivity index (χ2n) is 9.89. The Kier molecular flexibility index (Phi) is 8.62. The number of hydrogen-bond donors (Lipinski definition) is 3. The molecule has 13 heteroatoms. The van der Waals surface area contributed by atoms with Crippen LogP contribution in [0.3, 0.4) is 0 Å². The van der Waals surface area contributed by atoms with E-state index in [0.29, 0.717) is 41.0 Å². The normalized spacial score (nSPS) is 16.7. The Bertz CT molecular complexity index is 1450. The van der Waals surface area contributed by atoms with Crippen molar-refractivity contribution in [3.05, 3.63) is 64.2 Å². The summed E-state index contributed by atoms with van der Waals surface area (Å²) < 4.78 is 24.8. The quantitative estimate of drug-likeness (QED) is 0.346. The Labute approximate surface area is 241 Å². The fourth-order valence-corrected chi connectivity index (χ4v) is 5.12. The van der Waals surface area contributed by atoms with Gasteiger partial charge in [0.2, 0.25) is 17.7 Å². The number of carbonyl (C=O) groups excluding carboxylic acids is 2. The van der Waals surface area contributed by atoms with Gasteiger partial charge in [-0.05, 0) is 31.4 Å². The SMILES string of the molecule is COc1cc(C(CO)NC(=O)C(C)N2Cc3ccc(-c4nc(NC5CCOCC5)ncc4Cl)cc3C2=O)c(F)cn1. The van der Waals surface area contributed by atoms with Gasteiger partial charge in [-0.15, -0.1) is 0 Å². The maximum atomic E-state index is 14.4. The van der Waals surface area contributed by atoms with Gasteiger partial charge in [0.15, 0.2) is 0 Å². The molecule has 3 N–H and O–H groups in total. The van der Waals surface area contributed by atoms with Gasteiger partial charge < -0.3 is 30.1 Å². The number of carbonyl (C=O) groups is 2. The van der Waals surface area contributed by atoms with Gasteiger partial charge in [-0.3, -0.25) is 9.59 Å². The molecule has 2 aromatic heterocycles. The number of fused-ring (bicyclic) bond motifs is 1. The fourth-order valence-electron chi connectivity index (χ4n) is 4.92. The van der Waals surface area contributed by atoms with Crippen LogP contribution in [0, 0.1) is 5.82 Å². The number of nitrogens with one attached hydrogen (secondary N) is 2. The molecule has 1 aromatic carbocycles. The molecule has 2 amide bonds. The molecule has 0 saturated carbocycles. The Morgan fingerprint density at radius 2 is 2.05 bits per heavy atom. The number of anilines is 1. The number of aromatic nitrogens is 3. The summed E-state index contributed by atoms with van der Waals surface area (Å²) in [5.41, 5.74) is 2.32. The van der Waals surface area contributed by atoms with E-state index in [1.54, 1.807) is 13.0 Å². The molecule has 0 spiro atoms. The van der Waals surface area contributed by atoms with Gasteiger partial charge in [-0.2, -0.15) is 0 Å². The van der Waals surface area contributed by atoms with Crippen LogP contribution in [0.1, 0.15) is 47.3 Å². The van der Waals surface area contributed by atoms with Crippen LogP contribution in [0.15, 0.2) is 36.7 Å². The van der Waals surface area contributed by atoms with E-state index in [4.69, 9.17) is 21.1 Å². The maximum Gasteiger partial charge on any atom is 0.255 e. The van der Waals surface area contributed by atoms with Crippen molar-refractivity contribution < 1.29 is 28.6 Å². The lowest BCUT2D eigenvalue weighted by atomic mass is 10.0. The summed E-state index contributed by atoms with van der Waals surface area (Å²) in [5.74, 6) is -1.02. The molecule has 11 nitrogen and oxygen atoms in total. The second kappa shape index (κ2) is 12.3. The summed E-state index contributed by atoms with van der Waals surface area (Å²) in [6, 6.07) is 4.89. The minimum atomic E-state index is -1.06. The van der Waals surface area contributed by atoms with Gasteiger partial charge in [0, 0.05) is 48.6 Å². The number of amides is 2. The minimum absolute atomic E-state index is 0.0213. The van der Waals surface area contributed by atoms with Gasteiger partial charge in [-0.1, -0.05) is 23.7 Å². The minimum Gasteiger partial charge on any atom is -0.481 e. The lowest BCUT2D eigenvalue weighted by Crippen LogP contribution is -2.46. The van der Waals surface area contributed by atoms with E-state index < -0.39 is 30.4 Å². The Morgan fingerprint density at radius 3 is 2.78 bits per heavy atom. The summed E-state index contributed by atoms with van der Waals surface area (Å²) in [7, 11) is 1.38. The molecule has 2 aliphatic rings. The number of ether oxygens (including phenoxy) is 2. The molecule has 2 aliphatic heterocycles. The zero-order valence-electron chi connectivity index (χ0n) is 22.6. The number of nitrogens with zero attached hydrogens (tertiary/aromatic N) is 4. The smallest absolute Gasteiger partial charge is 0.255 e. The van der Waals surface area contributed by atoms with Crippen molar-refractivity contribution in [2.45, 2.75) is 44.4 Å². The summed E-state index contributed by atoms with van der Waals surface area (Å²) in [4.78, 5) is 40.7. The molecule has 3 aromatic rings. The first kappa shape index (κ1) is 28.7. The number of aliphatic hydroxyl groups is 1. The molecule has 0 aliphatic carbocycles. The highest BCUT2D eigenvalue weighted by atomic mass is 35.5. The molecule has 1 fully saturated rings. The van der Waals surface area contributed by atoms with Gasteiger partial charge >= 0.3 is 0 Å². The summed E-state index contributed by atoms with van der Waals surface area (Å²) in [6.07, 6.45) is 4.18. The second-order valence-corrected chi connectivity index (χ2v) is 10.3. The van der Waals surface area contributed by atoms with Gasteiger partial charge in [0.25, 0.3) is 5.91 Å². The van der Waals surface area contributed by atoms with Gasteiger partial charge in [0.1, 0.15) is 11.9 Å². The fraction of sp³-hybridized carbons (Fsp3) is 0.393. The average Bonchev–Trinajstić information content (AvgIpc) is 3.32.